The summed E-state index contributed by atoms with van der Waals surface area (Å²) in [6.07, 6.45) is 0. The van der Waals surface area contributed by atoms with Crippen LogP contribution in [0.5, 0.6) is 17.2 Å². The second kappa shape index (κ2) is 6.70. The van der Waals surface area contributed by atoms with Gasteiger partial charge in [0.2, 0.25) is 0 Å². The first-order valence-corrected chi connectivity index (χ1v) is 6.35. The molecular formula is C16H19NO3. The highest BCUT2D eigenvalue weighted by atomic mass is 16.5. The van der Waals surface area contributed by atoms with Crippen LogP contribution in [-0.4, -0.2) is 21.3 Å². The number of hydrogen-bond donors (Lipinski definition) is 1. The highest BCUT2D eigenvalue weighted by molar-refractivity contribution is 5.59. The number of benzene rings is 2. The minimum absolute atomic E-state index is 0.694. The van der Waals surface area contributed by atoms with Crippen molar-refractivity contribution in [2.75, 3.05) is 26.6 Å². The molecule has 106 valence electrons. The van der Waals surface area contributed by atoms with Crippen LogP contribution in [0.3, 0.4) is 0 Å². The molecule has 0 spiro atoms. The van der Waals surface area contributed by atoms with E-state index in [9.17, 15) is 0 Å². The average Bonchev–Trinajstić information content (AvgIpc) is 2.52. The average molecular weight is 273 g/mol. The topological polar surface area (TPSA) is 39.7 Å². The van der Waals surface area contributed by atoms with E-state index in [-0.39, 0.29) is 0 Å². The molecule has 2 aromatic rings. The Kier molecular flexibility index (Phi) is 4.71. The molecule has 20 heavy (non-hydrogen) atoms. The molecule has 1 N–H and O–H groups in total. The monoisotopic (exact) mass is 273 g/mol. The van der Waals surface area contributed by atoms with Crippen LogP contribution in [0, 0.1) is 0 Å². The summed E-state index contributed by atoms with van der Waals surface area (Å²) in [6.45, 7) is 0.694. The van der Waals surface area contributed by atoms with Crippen molar-refractivity contribution < 1.29 is 14.2 Å². The number of methoxy groups -OCH3 is 3. The Morgan fingerprint density at radius 1 is 0.850 bits per heavy atom. The van der Waals surface area contributed by atoms with E-state index in [0.717, 1.165) is 28.5 Å². The molecule has 0 amide bonds. The van der Waals surface area contributed by atoms with Gasteiger partial charge >= 0.3 is 0 Å². The van der Waals surface area contributed by atoms with Crippen molar-refractivity contribution in [2.45, 2.75) is 6.54 Å². The van der Waals surface area contributed by atoms with Crippen molar-refractivity contribution in [3.63, 3.8) is 0 Å². The Morgan fingerprint density at radius 2 is 1.60 bits per heavy atom. The summed E-state index contributed by atoms with van der Waals surface area (Å²) in [4.78, 5) is 0. The van der Waals surface area contributed by atoms with Crippen LogP contribution in [-0.2, 0) is 6.54 Å². The van der Waals surface area contributed by atoms with Crippen LogP contribution in [0.4, 0.5) is 5.69 Å². The summed E-state index contributed by atoms with van der Waals surface area (Å²) < 4.78 is 15.7. The lowest BCUT2D eigenvalue weighted by atomic mass is 10.2. The van der Waals surface area contributed by atoms with E-state index in [4.69, 9.17) is 14.2 Å². The Morgan fingerprint density at radius 3 is 2.30 bits per heavy atom. The van der Waals surface area contributed by atoms with Crippen molar-refractivity contribution in [3.05, 3.63) is 48.0 Å². The fourth-order valence-corrected chi connectivity index (χ4v) is 1.92. The normalized spacial score (nSPS) is 9.95. The van der Waals surface area contributed by atoms with Gasteiger partial charge in [-0.2, -0.15) is 0 Å². The number of hydrogen-bond acceptors (Lipinski definition) is 4. The molecule has 0 aliphatic heterocycles. The Balaban J connectivity index is 2.10. The van der Waals surface area contributed by atoms with Gasteiger partial charge in [-0.1, -0.05) is 12.1 Å². The smallest absolute Gasteiger partial charge is 0.145 e. The maximum Gasteiger partial charge on any atom is 0.145 e. The van der Waals surface area contributed by atoms with Gasteiger partial charge in [0.15, 0.2) is 0 Å². The predicted octanol–water partition coefficient (Wildman–Crippen LogP) is 3.32. The standard InChI is InChI=1S/C16H19NO3/c1-18-13-6-4-5-12(9-13)11-17-15-8-7-14(19-2)10-16(15)20-3/h4-10,17H,11H2,1-3H3. The zero-order valence-corrected chi connectivity index (χ0v) is 12.0. The third kappa shape index (κ3) is 3.35. The van der Waals surface area contributed by atoms with E-state index in [1.54, 1.807) is 21.3 Å². The first-order chi connectivity index (χ1) is 9.76. The molecule has 0 radical (unpaired) electrons. The van der Waals surface area contributed by atoms with Gasteiger partial charge in [0.05, 0.1) is 27.0 Å². The summed E-state index contributed by atoms with van der Waals surface area (Å²) >= 11 is 0. The molecule has 4 heteroatoms. The maximum atomic E-state index is 5.35. The quantitative estimate of drug-likeness (QED) is 0.876. The number of ether oxygens (including phenoxy) is 3. The summed E-state index contributed by atoms with van der Waals surface area (Å²) in [7, 11) is 4.95. The second-order valence-corrected chi connectivity index (χ2v) is 4.27. The maximum absolute atomic E-state index is 5.35. The van der Waals surface area contributed by atoms with Crippen molar-refractivity contribution in [3.8, 4) is 17.2 Å². The molecule has 0 unspecified atom stereocenters. The van der Waals surface area contributed by atoms with E-state index in [1.807, 2.05) is 42.5 Å². The molecule has 0 heterocycles. The highest BCUT2D eigenvalue weighted by Gasteiger charge is 2.05. The van der Waals surface area contributed by atoms with E-state index in [0.29, 0.717) is 6.54 Å². The van der Waals surface area contributed by atoms with Gasteiger partial charge in [-0.25, -0.2) is 0 Å². The molecule has 0 bridgehead atoms. The summed E-state index contributed by atoms with van der Waals surface area (Å²) in [5, 5.41) is 3.35. The molecule has 2 rings (SSSR count). The van der Waals surface area contributed by atoms with E-state index in [1.165, 1.54) is 0 Å². The molecule has 0 saturated carbocycles. The van der Waals surface area contributed by atoms with Crippen LogP contribution in [0.25, 0.3) is 0 Å². The van der Waals surface area contributed by atoms with Gasteiger partial charge in [0.25, 0.3) is 0 Å². The molecule has 0 aliphatic carbocycles. The summed E-state index contributed by atoms with van der Waals surface area (Å²) in [5.74, 6) is 2.38. The van der Waals surface area contributed by atoms with Crippen molar-refractivity contribution >= 4 is 5.69 Å². The molecule has 4 nitrogen and oxygen atoms in total. The molecular weight excluding hydrogens is 254 g/mol. The zero-order chi connectivity index (χ0) is 14.4. The fourth-order valence-electron chi connectivity index (χ4n) is 1.92. The second-order valence-electron chi connectivity index (χ2n) is 4.27. The van der Waals surface area contributed by atoms with Gasteiger partial charge in [0.1, 0.15) is 17.2 Å². The fraction of sp³-hybridized carbons (Fsp3) is 0.250. The van der Waals surface area contributed by atoms with E-state index >= 15 is 0 Å². The van der Waals surface area contributed by atoms with Crippen LogP contribution < -0.4 is 19.5 Å². The number of rotatable bonds is 6. The SMILES string of the molecule is COc1cccc(CNc2ccc(OC)cc2OC)c1. The molecule has 0 saturated heterocycles. The largest absolute Gasteiger partial charge is 0.497 e. The first kappa shape index (κ1) is 14.1. The lowest BCUT2D eigenvalue weighted by molar-refractivity contribution is 0.395. The summed E-state index contributed by atoms with van der Waals surface area (Å²) in [6, 6.07) is 13.6. The van der Waals surface area contributed by atoms with Gasteiger partial charge in [-0.05, 0) is 29.8 Å². The minimum Gasteiger partial charge on any atom is -0.497 e. The molecule has 0 aromatic heterocycles. The van der Waals surface area contributed by atoms with E-state index < -0.39 is 0 Å². The number of nitrogens with one attached hydrogen (secondary N) is 1. The molecule has 2 aromatic carbocycles. The molecule has 0 aliphatic rings. The van der Waals surface area contributed by atoms with Gasteiger partial charge < -0.3 is 19.5 Å². The number of anilines is 1. The van der Waals surface area contributed by atoms with E-state index in [2.05, 4.69) is 5.32 Å². The third-order valence-corrected chi connectivity index (χ3v) is 3.03. The van der Waals surface area contributed by atoms with Crippen LogP contribution >= 0.6 is 0 Å². The van der Waals surface area contributed by atoms with Gasteiger partial charge in [-0.15, -0.1) is 0 Å². The lowest BCUT2D eigenvalue weighted by Crippen LogP contribution is -2.02. The van der Waals surface area contributed by atoms with Gasteiger partial charge in [0, 0.05) is 12.6 Å². The van der Waals surface area contributed by atoms with Crippen LogP contribution in [0.1, 0.15) is 5.56 Å². The van der Waals surface area contributed by atoms with Crippen molar-refractivity contribution in [1.82, 2.24) is 0 Å². The Labute approximate surface area is 119 Å². The Hall–Kier alpha value is -2.36. The third-order valence-electron chi connectivity index (χ3n) is 3.03. The lowest BCUT2D eigenvalue weighted by Gasteiger charge is -2.13. The zero-order valence-electron chi connectivity index (χ0n) is 12.0. The van der Waals surface area contributed by atoms with Crippen LogP contribution in [0.2, 0.25) is 0 Å². The van der Waals surface area contributed by atoms with Gasteiger partial charge in [-0.3, -0.25) is 0 Å². The molecule has 0 fully saturated rings. The first-order valence-electron chi connectivity index (χ1n) is 6.35. The molecule has 0 atom stereocenters. The predicted molar refractivity (Wildman–Crippen MR) is 79.9 cm³/mol. The Bertz CT molecular complexity index is 569. The van der Waals surface area contributed by atoms with Crippen molar-refractivity contribution in [1.29, 1.82) is 0 Å². The van der Waals surface area contributed by atoms with Crippen molar-refractivity contribution in [2.24, 2.45) is 0 Å². The minimum atomic E-state index is 0.694. The van der Waals surface area contributed by atoms with Crippen LogP contribution in [0.15, 0.2) is 42.5 Å². The summed E-state index contributed by atoms with van der Waals surface area (Å²) in [5.41, 5.74) is 2.07. The highest BCUT2D eigenvalue weighted by Crippen LogP contribution is 2.29.